The van der Waals surface area contributed by atoms with E-state index in [4.69, 9.17) is 14.2 Å². The summed E-state index contributed by atoms with van der Waals surface area (Å²) >= 11 is 0. The molecule has 138 valence electrons. The van der Waals surface area contributed by atoms with Crippen LogP contribution in [0.5, 0.6) is 17.2 Å². The van der Waals surface area contributed by atoms with E-state index < -0.39 is 0 Å². The molecule has 0 aliphatic rings. The maximum Gasteiger partial charge on any atom is 0.203 e. The van der Waals surface area contributed by atoms with Crippen molar-refractivity contribution in [1.82, 2.24) is 9.55 Å². The average molecular weight is 362 g/mol. The zero-order valence-electron chi connectivity index (χ0n) is 15.9. The van der Waals surface area contributed by atoms with E-state index >= 15 is 0 Å². The highest BCUT2D eigenvalue weighted by molar-refractivity contribution is 5.86. The van der Waals surface area contributed by atoms with Crippen LogP contribution in [-0.2, 0) is 7.05 Å². The molecular formula is C22H22N2O3. The molecule has 0 amide bonds. The second kappa shape index (κ2) is 6.76. The third-order valence-corrected chi connectivity index (χ3v) is 4.88. The van der Waals surface area contributed by atoms with Crippen LogP contribution < -0.4 is 14.2 Å². The molecule has 1 N–H and O–H groups in total. The number of ether oxygens (including phenoxy) is 3. The molecule has 0 saturated carbocycles. The Bertz CT molecular complexity index is 1080. The zero-order chi connectivity index (χ0) is 19.0. The van der Waals surface area contributed by atoms with Crippen LogP contribution in [0.25, 0.3) is 33.3 Å². The van der Waals surface area contributed by atoms with Gasteiger partial charge in [-0.25, -0.2) is 0 Å². The highest BCUT2D eigenvalue weighted by Gasteiger charge is 2.15. The van der Waals surface area contributed by atoms with Crippen LogP contribution in [0.3, 0.4) is 0 Å². The number of hydrogen-bond donors (Lipinski definition) is 1. The minimum atomic E-state index is 0.588. The molecule has 5 heteroatoms. The van der Waals surface area contributed by atoms with Gasteiger partial charge in [-0.2, -0.15) is 0 Å². The van der Waals surface area contributed by atoms with Crippen molar-refractivity contribution in [3.05, 3.63) is 54.9 Å². The van der Waals surface area contributed by atoms with Gasteiger partial charge >= 0.3 is 0 Å². The van der Waals surface area contributed by atoms with Gasteiger partial charge in [0.2, 0.25) is 5.75 Å². The summed E-state index contributed by atoms with van der Waals surface area (Å²) < 4.78 is 18.5. The lowest BCUT2D eigenvalue weighted by molar-refractivity contribution is 0.324. The first-order chi connectivity index (χ1) is 13.1. The number of H-pyrrole nitrogens is 1. The predicted molar refractivity (Wildman–Crippen MR) is 108 cm³/mol. The third kappa shape index (κ3) is 2.91. The topological polar surface area (TPSA) is 48.4 Å². The zero-order valence-corrected chi connectivity index (χ0v) is 15.9. The van der Waals surface area contributed by atoms with Crippen LogP contribution in [0.1, 0.15) is 0 Å². The van der Waals surface area contributed by atoms with Crippen molar-refractivity contribution in [1.29, 1.82) is 0 Å². The SMILES string of the molecule is COc1cc(-c2cc(-c3ccc4c(ccn4C)c3)c[nH]2)cc(OC)c1OC. The molecule has 27 heavy (non-hydrogen) atoms. The average Bonchev–Trinajstić information content (AvgIpc) is 3.34. The summed E-state index contributed by atoms with van der Waals surface area (Å²) in [6, 6.07) is 14.6. The van der Waals surface area contributed by atoms with Crippen molar-refractivity contribution in [2.24, 2.45) is 7.05 Å². The summed E-state index contributed by atoms with van der Waals surface area (Å²) in [5, 5.41) is 1.23. The van der Waals surface area contributed by atoms with Crippen molar-refractivity contribution in [3.8, 4) is 39.6 Å². The smallest absolute Gasteiger partial charge is 0.203 e. The lowest BCUT2D eigenvalue weighted by Crippen LogP contribution is -1.95. The number of benzene rings is 2. The molecule has 0 fully saturated rings. The first-order valence-corrected chi connectivity index (χ1v) is 8.69. The van der Waals surface area contributed by atoms with Gasteiger partial charge in [0.1, 0.15) is 0 Å². The summed E-state index contributed by atoms with van der Waals surface area (Å²) in [7, 11) is 6.90. The number of aryl methyl sites for hydroxylation is 1. The van der Waals surface area contributed by atoms with E-state index in [2.05, 4.69) is 53.1 Å². The fraction of sp³-hybridized carbons (Fsp3) is 0.182. The van der Waals surface area contributed by atoms with E-state index in [0.717, 1.165) is 16.8 Å². The molecule has 0 aliphatic carbocycles. The Morgan fingerprint density at radius 3 is 2.19 bits per heavy atom. The number of aromatic amines is 1. The van der Waals surface area contributed by atoms with E-state index in [-0.39, 0.29) is 0 Å². The first-order valence-electron chi connectivity index (χ1n) is 8.69. The normalized spacial score (nSPS) is 11.0. The maximum absolute atomic E-state index is 5.46. The number of fused-ring (bicyclic) bond motifs is 1. The molecule has 0 radical (unpaired) electrons. The monoisotopic (exact) mass is 362 g/mol. The quantitative estimate of drug-likeness (QED) is 0.551. The molecule has 4 rings (SSSR count). The van der Waals surface area contributed by atoms with E-state index in [1.807, 2.05) is 18.3 Å². The Morgan fingerprint density at radius 1 is 0.778 bits per heavy atom. The van der Waals surface area contributed by atoms with Gasteiger partial charge < -0.3 is 23.8 Å². The molecular weight excluding hydrogens is 340 g/mol. The minimum Gasteiger partial charge on any atom is -0.493 e. The number of aromatic nitrogens is 2. The van der Waals surface area contributed by atoms with Crippen molar-refractivity contribution in [2.75, 3.05) is 21.3 Å². The first kappa shape index (κ1) is 17.1. The number of hydrogen-bond acceptors (Lipinski definition) is 3. The number of methoxy groups -OCH3 is 3. The molecule has 0 spiro atoms. The van der Waals surface area contributed by atoms with Gasteiger partial charge in [0.25, 0.3) is 0 Å². The molecule has 0 atom stereocenters. The largest absolute Gasteiger partial charge is 0.493 e. The van der Waals surface area contributed by atoms with Crippen LogP contribution in [0.2, 0.25) is 0 Å². The molecule has 0 bridgehead atoms. The number of nitrogens with one attached hydrogen (secondary N) is 1. The summed E-state index contributed by atoms with van der Waals surface area (Å²) in [6.45, 7) is 0. The lowest BCUT2D eigenvalue weighted by Gasteiger charge is -2.13. The molecule has 5 nitrogen and oxygen atoms in total. The predicted octanol–water partition coefficient (Wildman–Crippen LogP) is 4.87. The number of rotatable bonds is 5. The molecule has 2 aromatic carbocycles. The highest BCUT2D eigenvalue weighted by atomic mass is 16.5. The molecule has 4 aromatic rings. The standard InChI is InChI=1S/C22H22N2O3/c1-24-8-7-15-9-14(5-6-19(15)24)17-10-18(23-13-17)16-11-20(25-2)22(27-4)21(12-16)26-3/h5-13,23H,1-4H3. The maximum atomic E-state index is 5.46. The fourth-order valence-corrected chi connectivity index (χ4v) is 3.43. The third-order valence-electron chi connectivity index (χ3n) is 4.88. The molecule has 2 heterocycles. The minimum absolute atomic E-state index is 0.588. The Hall–Kier alpha value is -3.34. The Morgan fingerprint density at radius 2 is 1.52 bits per heavy atom. The van der Waals surface area contributed by atoms with Gasteiger partial charge in [-0.15, -0.1) is 0 Å². The lowest BCUT2D eigenvalue weighted by atomic mass is 10.1. The van der Waals surface area contributed by atoms with E-state index in [1.54, 1.807) is 21.3 Å². The van der Waals surface area contributed by atoms with Gasteiger partial charge in [0, 0.05) is 41.6 Å². The Balaban J connectivity index is 1.75. The second-order valence-corrected chi connectivity index (χ2v) is 6.42. The van der Waals surface area contributed by atoms with Gasteiger partial charge in [0.15, 0.2) is 11.5 Å². The van der Waals surface area contributed by atoms with Crippen molar-refractivity contribution in [2.45, 2.75) is 0 Å². The summed E-state index contributed by atoms with van der Waals surface area (Å²) in [5.74, 6) is 1.85. The van der Waals surface area contributed by atoms with Crippen LogP contribution in [0.4, 0.5) is 0 Å². The summed E-state index contributed by atoms with van der Waals surface area (Å²) in [6.07, 6.45) is 4.09. The Kier molecular flexibility index (Phi) is 4.28. The van der Waals surface area contributed by atoms with Crippen molar-refractivity contribution >= 4 is 10.9 Å². The molecule has 0 unspecified atom stereocenters. The summed E-state index contributed by atoms with van der Waals surface area (Å²) in [4.78, 5) is 3.36. The van der Waals surface area contributed by atoms with Crippen molar-refractivity contribution < 1.29 is 14.2 Å². The Labute approximate surface area is 158 Å². The molecule has 2 aromatic heterocycles. The van der Waals surface area contributed by atoms with Gasteiger partial charge in [-0.05, 0) is 47.5 Å². The van der Waals surface area contributed by atoms with Crippen LogP contribution >= 0.6 is 0 Å². The van der Waals surface area contributed by atoms with Crippen LogP contribution in [0.15, 0.2) is 54.9 Å². The number of nitrogens with zero attached hydrogens (tertiary/aromatic N) is 1. The van der Waals surface area contributed by atoms with E-state index in [0.29, 0.717) is 17.2 Å². The highest BCUT2D eigenvalue weighted by Crippen LogP contribution is 2.41. The van der Waals surface area contributed by atoms with Gasteiger partial charge in [-0.1, -0.05) is 6.07 Å². The molecule has 0 saturated heterocycles. The van der Waals surface area contributed by atoms with Gasteiger partial charge in [0.05, 0.1) is 21.3 Å². The van der Waals surface area contributed by atoms with Gasteiger partial charge in [-0.3, -0.25) is 0 Å². The van der Waals surface area contributed by atoms with E-state index in [1.165, 1.54) is 16.5 Å². The van der Waals surface area contributed by atoms with Crippen molar-refractivity contribution in [3.63, 3.8) is 0 Å². The van der Waals surface area contributed by atoms with Crippen LogP contribution in [-0.4, -0.2) is 30.9 Å². The van der Waals surface area contributed by atoms with E-state index in [9.17, 15) is 0 Å². The summed E-state index contributed by atoms with van der Waals surface area (Å²) in [5.41, 5.74) is 5.47. The van der Waals surface area contributed by atoms with Crippen LogP contribution in [0, 0.1) is 0 Å². The molecule has 0 aliphatic heterocycles. The fourth-order valence-electron chi connectivity index (χ4n) is 3.43. The second-order valence-electron chi connectivity index (χ2n) is 6.42.